The molecule has 0 spiro atoms. The van der Waals surface area contributed by atoms with Gasteiger partial charge in [0, 0.05) is 11.3 Å². The Bertz CT molecular complexity index is 441. The van der Waals surface area contributed by atoms with Crippen molar-refractivity contribution < 1.29 is 4.79 Å². The molecule has 1 fully saturated rings. The maximum atomic E-state index is 11.2. The van der Waals surface area contributed by atoms with Crippen LogP contribution in [0.5, 0.6) is 0 Å². The first-order chi connectivity index (χ1) is 7.75. The van der Waals surface area contributed by atoms with Crippen LogP contribution in [0, 0.1) is 5.92 Å². The highest BCUT2D eigenvalue weighted by Gasteiger charge is 2.54. The van der Waals surface area contributed by atoms with Gasteiger partial charge in [0.05, 0.1) is 0 Å². The molecule has 2 atom stereocenters. The predicted octanol–water partition coefficient (Wildman–Crippen LogP) is 4.03. The third kappa shape index (κ3) is 2.26. The van der Waals surface area contributed by atoms with Crippen molar-refractivity contribution in [3.05, 3.63) is 35.4 Å². The Morgan fingerprint density at radius 1 is 1.29 bits per heavy atom. The van der Waals surface area contributed by atoms with E-state index >= 15 is 0 Å². The third-order valence-electron chi connectivity index (χ3n) is 3.92. The van der Waals surface area contributed by atoms with Crippen molar-refractivity contribution in [2.75, 3.05) is 0 Å². The fourth-order valence-corrected chi connectivity index (χ4v) is 2.68. The molecule has 0 N–H and O–H groups in total. The molecule has 1 nitrogen and oxygen atoms in total. The summed E-state index contributed by atoms with van der Waals surface area (Å²) in [6, 6.07) is 8.60. The van der Waals surface area contributed by atoms with E-state index in [2.05, 4.69) is 52.0 Å². The zero-order valence-corrected chi connectivity index (χ0v) is 11.6. The molecule has 2 heteroatoms. The van der Waals surface area contributed by atoms with Gasteiger partial charge in [0.15, 0.2) is 0 Å². The van der Waals surface area contributed by atoms with Gasteiger partial charge in [-0.3, -0.25) is 4.79 Å². The first kappa shape index (κ1) is 12.6. The molecule has 0 saturated heterocycles. The lowest BCUT2D eigenvalue weighted by molar-refractivity contribution is -0.113. The number of benzene rings is 1. The van der Waals surface area contributed by atoms with Crippen LogP contribution < -0.4 is 0 Å². The number of carbonyl (C=O) groups is 1. The van der Waals surface area contributed by atoms with Crippen LogP contribution in [0.1, 0.15) is 45.2 Å². The van der Waals surface area contributed by atoms with Crippen LogP contribution in [0.4, 0.5) is 0 Å². The van der Waals surface area contributed by atoms with Crippen molar-refractivity contribution in [1.82, 2.24) is 0 Å². The normalized spacial score (nSPS) is 27.9. The highest BCUT2D eigenvalue weighted by Crippen LogP contribution is 2.55. The maximum Gasteiger partial charge on any atom is 0.225 e. The van der Waals surface area contributed by atoms with Gasteiger partial charge in [0.25, 0.3) is 0 Å². The molecule has 92 valence electrons. The van der Waals surface area contributed by atoms with E-state index in [0.29, 0.717) is 0 Å². The van der Waals surface area contributed by atoms with Crippen LogP contribution in [-0.4, -0.2) is 5.24 Å². The van der Waals surface area contributed by atoms with Crippen LogP contribution in [0.2, 0.25) is 0 Å². The van der Waals surface area contributed by atoms with Crippen LogP contribution in [0.25, 0.3) is 0 Å². The highest BCUT2D eigenvalue weighted by molar-refractivity contribution is 6.64. The summed E-state index contributed by atoms with van der Waals surface area (Å²) in [5.41, 5.74) is 2.68. The quantitative estimate of drug-likeness (QED) is 0.725. The minimum atomic E-state index is -0.201. The smallest absolute Gasteiger partial charge is 0.225 e. The van der Waals surface area contributed by atoms with Crippen molar-refractivity contribution >= 4 is 16.8 Å². The van der Waals surface area contributed by atoms with Crippen molar-refractivity contribution in [3.8, 4) is 0 Å². The summed E-state index contributed by atoms with van der Waals surface area (Å²) in [5.74, 6) is 0.00431. The van der Waals surface area contributed by atoms with Gasteiger partial charge in [0.2, 0.25) is 5.24 Å². The summed E-state index contributed by atoms with van der Waals surface area (Å²) in [5, 5.41) is -0.201. The van der Waals surface area contributed by atoms with Crippen LogP contribution in [0.3, 0.4) is 0 Å². The standard InChI is InChI=1S/C15H19ClO/c1-14(2,3)10-5-7-11(8-6-10)15(4)9-12(15)13(16)17/h5-8,12H,9H2,1-4H3. The van der Waals surface area contributed by atoms with Gasteiger partial charge in [-0.2, -0.15) is 0 Å². The van der Waals surface area contributed by atoms with E-state index in [1.54, 1.807) is 0 Å². The minimum absolute atomic E-state index is 0.00431. The molecule has 0 aromatic heterocycles. The second-order valence-corrected chi connectivity index (χ2v) is 6.68. The molecule has 0 aliphatic heterocycles. The van der Waals surface area contributed by atoms with Gasteiger partial charge in [-0.05, 0) is 34.6 Å². The Labute approximate surface area is 108 Å². The van der Waals surface area contributed by atoms with Gasteiger partial charge < -0.3 is 0 Å². The average molecular weight is 251 g/mol. The fraction of sp³-hybridized carbons (Fsp3) is 0.533. The molecule has 2 rings (SSSR count). The van der Waals surface area contributed by atoms with Gasteiger partial charge in [-0.25, -0.2) is 0 Å². The molecule has 1 aromatic carbocycles. The number of halogens is 1. The number of hydrogen-bond acceptors (Lipinski definition) is 1. The maximum absolute atomic E-state index is 11.2. The second-order valence-electron chi connectivity index (χ2n) is 6.31. The molecule has 1 aliphatic carbocycles. The first-order valence-electron chi connectivity index (χ1n) is 6.05. The Morgan fingerprint density at radius 2 is 1.82 bits per heavy atom. The van der Waals surface area contributed by atoms with E-state index in [1.165, 1.54) is 11.1 Å². The first-order valence-corrected chi connectivity index (χ1v) is 6.43. The zero-order chi connectivity index (χ0) is 12.8. The van der Waals surface area contributed by atoms with Crippen molar-refractivity contribution in [3.63, 3.8) is 0 Å². The van der Waals surface area contributed by atoms with E-state index in [4.69, 9.17) is 11.6 Å². The SMILES string of the molecule is CC(C)(C)c1ccc(C2(C)CC2C(=O)Cl)cc1. The largest absolute Gasteiger partial charge is 0.281 e. The van der Waals surface area contributed by atoms with E-state index in [9.17, 15) is 4.79 Å². The number of rotatable bonds is 2. The Hall–Kier alpha value is -0.820. The summed E-state index contributed by atoms with van der Waals surface area (Å²) < 4.78 is 0. The Balaban J connectivity index is 2.23. The van der Waals surface area contributed by atoms with E-state index < -0.39 is 0 Å². The number of carbonyl (C=O) groups excluding carboxylic acids is 1. The lowest BCUT2D eigenvalue weighted by Gasteiger charge is -2.20. The van der Waals surface area contributed by atoms with Crippen molar-refractivity contribution in [2.24, 2.45) is 5.92 Å². The van der Waals surface area contributed by atoms with Crippen LogP contribution >= 0.6 is 11.6 Å². The van der Waals surface area contributed by atoms with Crippen molar-refractivity contribution in [1.29, 1.82) is 0 Å². The molecule has 0 bridgehead atoms. The second kappa shape index (κ2) is 3.84. The summed E-state index contributed by atoms with van der Waals surface area (Å²) in [4.78, 5) is 11.2. The number of hydrogen-bond donors (Lipinski definition) is 0. The summed E-state index contributed by atoms with van der Waals surface area (Å²) in [7, 11) is 0. The average Bonchev–Trinajstić information content (AvgIpc) is 2.92. The lowest BCUT2D eigenvalue weighted by Crippen LogP contribution is -2.12. The molecule has 0 radical (unpaired) electrons. The van der Waals surface area contributed by atoms with Gasteiger partial charge in [-0.15, -0.1) is 0 Å². The van der Waals surface area contributed by atoms with Crippen LogP contribution in [0.15, 0.2) is 24.3 Å². The lowest BCUT2D eigenvalue weighted by atomic mass is 9.85. The molecule has 1 aromatic rings. The van der Waals surface area contributed by atoms with E-state index in [0.717, 1.165) is 6.42 Å². The van der Waals surface area contributed by atoms with Gasteiger partial charge in [0.1, 0.15) is 0 Å². The summed E-state index contributed by atoms with van der Waals surface area (Å²) in [6.07, 6.45) is 0.879. The van der Waals surface area contributed by atoms with Gasteiger partial charge >= 0.3 is 0 Å². The predicted molar refractivity (Wildman–Crippen MR) is 71.5 cm³/mol. The summed E-state index contributed by atoms with van der Waals surface area (Å²) >= 11 is 5.57. The molecule has 0 heterocycles. The topological polar surface area (TPSA) is 17.1 Å². The highest BCUT2D eigenvalue weighted by atomic mass is 35.5. The molecular weight excluding hydrogens is 232 g/mol. The van der Waals surface area contributed by atoms with E-state index in [1.807, 2.05) is 0 Å². The third-order valence-corrected chi connectivity index (χ3v) is 4.18. The minimum Gasteiger partial charge on any atom is -0.281 e. The van der Waals surface area contributed by atoms with Gasteiger partial charge in [-0.1, -0.05) is 52.0 Å². The molecular formula is C15H19ClO. The Morgan fingerprint density at radius 3 is 2.18 bits per heavy atom. The van der Waals surface area contributed by atoms with Crippen LogP contribution in [-0.2, 0) is 15.6 Å². The molecule has 17 heavy (non-hydrogen) atoms. The molecule has 1 aliphatic rings. The monoisotopic (exact) mass is 250 g/mol. The molecule has 2 unspecified atom stereocenters. The van der Waals surface area contributed by atoms with E-state index in [-0.39, 0.29) is 22.0 Å². The summed E-state index contributed by atoms with van der Waals surface area (Å²) in [6.45, 7) is 8.72. The molecule has 0 amide bonds. The molecule has 1 saturated carbocycles. The van der Waals surface area contributed by atoms with Crippen molar-refractivity contribution in [2.45, 2.75) is 44.9 Å². The zero-order valence-electron chi connectivity index (χ0n) is 10.9. The Kier molecular flexibility index (Phi) is 2.86. The fourth-order valence-electron chi connectivity index (χ4n) is 2.37.